The Morgan fingerprint density at radius 3 is 1.22 bits per heavy atom. The highest BCUT2D eigenvalue weighted by atomic mass is 19.4. The molecule has 0 aliphatic heterocycles. The monoisotopic (exact) mass is 658 g/mol. The van der Waals surface area contributed by atoms with Crippen LogP contribution in [0.3, 0.4) is 0 Å². The molecule has 3 nitrogen and oxygen atoms in total. The molecule has 0 fully saturated rings. The molecule has 0 radical (unpaired) electrons. The van der Waals surface area contributed by atoms with Crippen molar-refractivity contribution in [2.24, 2.45) is 0 Å². The Kier molecular flexibility index (Phi) is 8.76. The zero-order valence-electron chi connectivity index (χ0n) is 22.1. The lowest BCUT2D eigenvalue weighted by Gasteiger charge is -2.23. The Morgan fingerprint density at radius 1 is 0.467 bits per heavy atom. The molecule has 16 heteroatoms. The number of hydrogen-bond acceptors (Lipinski definition) is 3. The first-order chi connectivity index (χ1) is 20.7. The summed E-state index contributed by atoms with van der Waals surface area (Å²) in [7, 11) is 0. The van der Waals surface area contributed by atoms with Gasteiger partial charge >= 0.3 is 24.7 Å². The molecule has 0 saturated heterocycles. The fraction of sp³-hybridized carbons (Fsp3) is 0.172. The molecule has 4 aromatic rings. The van der Waals surface area contributed by atoms with Gasteiger partial charge in [0.25, 0.3) is 0 Å². The van der Waals surface area contributed by atoms with E-state index in [2.05, 4.69) is 14.2 Å². The van der Waals surface area contributed by atoms with Crippen molar-refractivity contribution in [2.45, 2.75) is 31.6 Å². The maximum atomic E-state index is 14.8. The zero-order valence-corrected chi connectivity index (χ0v) is 22.1. The summed E-state index contributed by atoms with van der Waals surface area (Å²) >= 11 is 0. The van der Waals surface area contributed by atoms with Gasteiger partial charge in [-0.2, -0.15) is 26.3 Å². The minimum Gasteiger partial charge on any atom is -0.429 e. The zero-order chi connectivity index (χ0) is 33.5. The molecule has 0 unspecified atom stereocenters. The smallest absolute Gasteiger partial charge is 0.429 e. The highest BCUT2D eigenvalue weighted by Gasteiger charge is 2.50. The first kappa shape index (κ1) is 33.4. The minimum absolute atomic E-state index is 0.0798. The van der Waals surface area contributed by atoms with Gasteiger partial charge in [0.15, 0.2) is 0 Å². The molecule has 4 aromatic carbocycles. The third-order valence-corrected chi connectivity index (χ3v) is 5.96. The van der Waals surface area contributed by atoms with Gasteiger partial charge in [0.1, 0.15) is 45.9 Å². The molecule has 45 heavy (non-hydrogen) atoms. The molecule has 0 amide bonds. The summed E-state index contributed by atoms with van der Waals surface area (Å²) in [5.41, 5.74) is -3.52. The van der Waals surface area contributed by atoms with Gasteiger partial charge in [-0.1, -0.05) is 42.0 Å². The van der Waals surface area contributed by atoms with Crippen molar-refractivity contribution in [1.82, 2.24) is 0 Å². The van der Waals surface area contributed by atoms with Crippen LogP contribution in [0.25, 0.3) is 11.1 Å². The second-order valence-corrected chi connectivity index (χ2v) is 9.27. The topological polar surface area (TPSA) is 27.7 Å². The summed E-state index contributed by atoms with van der Waals surface area (Å²) in [4.78, 5) is 0. The molecule has 0 bridgehead atoms. The fourth-order valence-electron chi connectivity index (χ4n) is 3.98. The summed E-state index contributed by atoms with van der Waals surface area (Å²) in [5.74, 6) is -12.6. The number of alkyl halides is 9. The Hall–Kier alpha value is -4.47. The lowest BCUT2D eigenvalue weighted by atomic mass is 10.0. The van der Waals surface area contributed by atoms with Gasteiger partial charge in [-0.15, -0.1) is 13.2 Å². The SMILES string of the molecule is Cc1ccc(-c2ccc(C(F)(F)Oc3cc(F)c(C(F)(F)Oc4cc(F)c(C(F)(F)OC(F)(F)F)c(F)c4)c(F)c3)cc2)cc1. The quantitative estimate of drug-likeness (QED) is 0.168. The fourth-order valence-corrected chi connectivity index (χ4v) is 3.98. The van der Waals surface area contributed by atoms with Crippen molar-refractivity contribution >= 4 is 0 Å². The van der Waals surface area contributed by atoms with Crippen LogP contribution >= 0.6 is 0 Å². The maximum absolute atomic E-state index is 14.8. The van der Waals surface area contributed by atoms with E-state index in [1.54, 1.807) is 24.3 Å². The van der Waals surface area contributed by atoms with Gasteiger partial charge in [-0.3, -0.25) is 0 Å². The van der Waals surface area contributed by atoms with Crippen LogP contribution in [0.5, 0.6) is 11.5 Å². The third-order valence-electron chi connectivity index (χ3n) is 5.96. The molecule has 0 spiro atoms. The second kappa shape index (κ2) is 11.8. The molecular formula is C29H15F13O3. The highest BCUT2D eigenvalue weighted by Crippen LogP contribution is 2.43. The van der Waals surface area contributed by atoms with Crippen molar-refractivity contribution in [3.05, 3.63) is 118 Å². The van der Waals surface area contributed by atoms with Crippen LogP contribution in [0.4, 0.5) is 57.1 Å². The van der Waals surface area contributed by atoms with Crippen LogP contribution < -0.4 is 9.47 Å². The van der Waals surface area contributed by atoms with Gasteiger partial charge in [0.05, 0.1) is 5.56 Å². The summed E-state index contributed by atoms with van der Waals surface area (Å²) in [6.07, 6.45) is -21.2. The summed E-state index contributed by atoms with van der Waals surface area (Å²) < 4.78 is 190. The predicted octanol–water partition coefficient (Wildman–Crippen LogP) is 10.1. The van der Waals surface area contributed by atoms with Gasteiger partial charge in [-0.05, 0) is 30.2 Å². The lowest BCUT2D eigenvalue weighted by molar-refractivity contribution is -0.432. The van der Waals surface area contributed by atoms with Gasteiger partial charge in [0, 0.05) is 24.3 Å². The largest absolute Gasteiger partial charge is 0.527 e. The van der Waals surface area contributed by atoms with E-state index in [-0.39, 0.29) is 12.1 Å². The first-order valence-electron chi connectivity index (χ1n) is 12.1. The van der Waals surface area contributed by atoms with Crippen molar-refractivity contribution in [3.8, 4) is 22.6 Å². The average Bonchev–Trinajstić information content (AvgIpc) is 2.86. The molecule has 0 aliphatic carbocycles. The number of aryl methyl sites for hydroxylation is 1. The van der Waals surface area contributed by atoms with E-state index in [1.807, 2.05) is 6.92 Å². The van der Waals surface area contributed by atoms with E-state index < -0.39 is 88.3 Å². The van der Waals surface area contributed by atoms with E-state index in [9.17, 15) is 57.1 Å². The second-order valence-electron chi connectivity index (χ2n) is 9.27. The van der Waals surface area contributed by atoms with Crippen LogP contribution in [0.1, 0.15) is 22.3 Å². The Bertz CT molecular complexity index is 1640. The molecule has 240 valence electrons. The van der Waals surface area contributed by atoms with Crippen LogP contribution in [0.2, 0.25) is 0 Å². The number of halogens is 13. The first-order valence-corrected chi connectivity index (χ1v) is 12.1. The molecule has 0 saturated carbocycles. The number of ether oxygens (including phenoxy) is 3. The van der Waals surface area contributed by atoms with Crippen molar-refractivity contribution in [1.29, 1.82) is 0 Å². The third kappa shape index (κ3) is 7.61. The highest BCUT2D eigenvalue weighted by molar-refractivity contribution is 5.64. The van der Waals surface area contributed by atoms with E-state index in [0.29, 0.717) is 11.1 Å². The average molecular weight is 658 g/mol. The number of rotatable bonds is 9. The van der Waals surface area contributed by atoms with Crippen molar-refractivity contribution < 1.29 is 71.3 Å². The molecule has 4 rings (SSSR count). The van der Waals surface area contributed by atoms with Gasteiger partial charge in [-0.25, -0.2) is 22.3 Å². The summed E-state index contributed by atoms with van der Waals surface area (Å²) in [6.45, 7) is 1.84. The van der Waals surface area contributed by atoms with Crippen molar-refractivity contribution in [3.63, 3.8) is 0 Å². The van der Waals surface area contributed by atoms with Crippen LogP contribution in [-0.2, 0) is 23.1 Å². The van der Waals surface area contributed by atoms with E-state index >= 15 is 0 Å². The van der Waals surface area contributed by atoms with Crippen molar-refractivity contribution in [2.75, 3.05) is 0 Å². The van der Waals surface area contributed by atoms with E-state index in [0.717, 1.165) is 17.7 Å². The Balaban J connectivity index is 1.55. The summed E-state index contributed by atoms with van der Waals surface area (Å²) in [6, 6.07) is 10.5. The normalized spacial score (nSPS) is 12.8. The molecule has 0 N–H and O–H groups in total. The lowest BCUT2D eigenvalue weighted by Crippen LogP contribution is -2.30. The van der Waals surface area contributed by atoms with E-state index in [1.165, 1.54) is 12.1 Å². The van der Waals surface area contributed by atoms with Crippen LogP contribution in [-0.4, -0.2) is 6.36 Å². The standard InChI is InChI=1S/C29H15F13O3/c1-14-2-4-15(5-3-14)16-6-8-17(9-7-16)26(34,35)43-18-10-20(30)24(21(31)11-18)27(36,37)44-19-12-22(32)25(23(33)13-19)28(38,39)45-29(40,41)42/h2-13H,1H3. The van der Waals surface area contributed by atoms with E-state index in [4.69, 9.17) is 0 Å². The molecule has 0 aromatic heterocycles. The minimum atomic E-state index is -6.08. The van der Waals surface area contributed by atoms with Crippen LogP contribution in [0, 0.1) is 30.2 Å². The van der Waals surface area contributed by atoms with Crippen LogP contribution in [0.15, 0.2) is 72.8 Å². The molecule has 0 heterocycles. The molecule has 0 aliphatic rings. The Labute approximate surface area is 244 Å². The van der Waals surface area contributed by atoms with Gasteiger partial charge in [0.2, 0.25) is 0 Å². The Morgan fingerprint density at radius 2 is 0.822 bits per heavy atom. The summed E-state index contributed by atoms with van der Waals surface area (Å²) in [5, 5.41) is 0. The predicted molar refractivity (Wildman–Crippen MR) is 129 cm³/mol. The number of hydrogen-bond donors (Lipinski definition) is 0. The maximum Gasteiger partial charge on any atom is 0.527 e. The number of benzene rings is 4. The molecule has 0 atom stereocenters. The van der Waals surface area contributed by atoms with Gasteiger partial charge < -0.3 is 9.47 Å². The molecular weight excluding hydrogens is 643 g/mol.